The Labute approximate surface area is 134 Å². The summed E-state index contributed by atoms with van der Waals surface area (Å²) in [4.78, 5) is 13.4. The van der Waals surface area contributed by atoms with E-state index in [0.29, 0.717) is 18.3 Å². The van der Waals surface area contributed by atoms with Crippen molar-refractivity contribution in [3.8, 4) is 0 Å². The third-order valence-corrected chi connectivity index (χ3v) is 4.82. The van der Waals surface area contributed by atoms with E-state index in [2.05, 4.69) is 22.8 Å². The zero-order valence-corrected chi connectivity index (χ0v) is 13.2. The molecule has 1 unspecified atom stereocenters. The van der Waals surface area contributed by atoms with E-state index in [9.17, 15) is 4.79 Å². The highest BCUT2D eigenvalue weighted by Gasteiger charge is 2.19. The van der Waals surface area contributed by atoms with Gasteiger partial charge in [-0.15, -0.1) is 11.8 Å². The van der Waals surface area contributed by atoms with E-state index in [-0.39, 0.29) is 5.91 Å². The van der Waals surface area contributed by atoms with Gasteiger partial charge in [0, 0.05) is 28.8 Å². The molecule has 1 aliphatic rings. The molecule has 5 heteroatoms. The van der Waals surface area contributed by atoms with Crippen LogP contribution in [0.1, 0.15) is 29.0 Å². The van der Waals surface area contributed by atoms with Gasteiger partial charge in [0.05, 0.1) is 6.26 Å². The largest absolute Gasteiger partial charge is 0.459 e. The van der Waals surface area contributed by atoms with E-state index in [1.165, 1.54) is 11.3 Å². The first-order chi connectivity index (χ1) is 10.8. The van der Waals surface area contributed by atoms with Crippen LogP contribution in [0.3, 0.4) is 0 Å². The normalized spacial score (nSPS) is 17.5. The smallest absolute Gasteiger partial charge is 0.287 e. The molecule has 1 amide bonds. The lowest BCUT2D eigenvalue weighted by molar-refractivity contribution is 0.0921. The second-order valence-corrected chi connectivity index (χ2v) is 6.43. The van der Waals surface area contributed by atoms with Crippen LogP contribution in [0.4, 0.5) is 0 Å². The van der Waals surface area contributed by atoms with E-state index < -0.39 is 0 Å². The first kappa shape index (κ1) is 15.2. The Kier molecular flexibility index (Phi) is 5.19. The Balaban J connectivity index is 1.55. The number of hydrogen-bond acceptors (Lipinski definition) is 4. The van der Waals surface area contributed by atoms with Crippen LogP contribution in [-0.4, -0.2) is 25.0 Å². The first-order valence-electron chi connectivity index (χ1n) is 7.59. The number of carbonyl (C=O) groups is 1. The zero-order chi connectivity index (χ0) is 15.2. The molecule has 0 aliphatic carbocycles. The number of benzene rings is 1. The van der Waals surface area contributed by atoms with Gasteiger partial charge in [0.1, 0.15) is 0 Å². The minimum absolute atomic E-state index is 0.123. The van der Waals surface area contributed by atoms with Crippen molar-refractivity contribution in [3.05, 3.63) is 54.0 Å². The molecule has 3 rings (SSSR count). The van der Waals surface area contributed by atoms with Gasteiger partial charge in [-0.25, -0.2) is 0 Å². The minimum atomic E-state index is -0.123. The Morgan fingerprint density at radius 3 is 2.95 bits per heavy atom. The summed E-state index contributed by atoms with van der Waals surface area (Å²) in [6.07, 6.45) is 3.89. The molecule has 2 aromatic rings. The van der Waals surface area contributed by atoms with E-state index in [4.69, 9.17) is 4.42 Å². The molecule has 1 aromatic heterocycles. The quantitative estimate of drug-likeness (QED) is 0.804. The topological polar surface area (TPSA) is 54.3 Å². The standard InChI is InChI=1S/C17H20N2O2S/c20-17(19-11-14-5-4-9-18-14)16-13(8-10-21-16)12-22-15-6-2-1-3-7-15/h1-3,6-8,10,14,18H,4-5,9,11-12H2,(H,19,20). The summed E-state index contributed by atoms with van der Waals surface area (Å²) < 4.78 is 5.38. The van der Waals surface area contributed by atoms with Crippen molar-refractivity contribution in [1.29, 1.82) is 0 Å². The van der Waals surface area contributed by atoms with Crippen molar-refractivity contribution in [2.24, 2.45) is 0 Å². The number of hydrogen-bond donors (Lipinski definition) is 2. The predicted molar refractivity (Wildman–Crippen MR) is 88.1 cm³/mol. The predicted octanol–water partition coefficient (Wildman–Crippen LogP) is 3.05. The Morgan fingerprint density at radius 1 is 1.32 bits per heavy atom. The molecule has 1 atom stereocenters. The fourth-order valence-corrected chi connectivity index (χ4v) is 3.45. The van der Waals surface area contributed by atoms with Crippen LogP contribution in [0.25, 0.3) is 0 Å². The second kappa shape index (κ2) is 7.51. The molecule has 1 fully saturated rings. The summed E-state index contributed by atoms with van der Waals surface area (Å²) in [7, 11) is 0. The van der Waals surface area contributed by atoms with Crippen molar-refractivity contribution >= 4 is 17.7 Å². The average Bonchev–Trinajstić information content (AvgIpc) is 3.23. The Bertz CT molecular complexity index is 606. The molecule has 1 aromatic carbocycles. The molecule has 0 saturated carbocycles. The van der Waals surface area contributed by atoms with Crippen molar-refractivity contribution in [2.75, 3.05) is 13.1 Å². The number of furan rings is 1. The molecule has 2 N–H and O–H groups in total. The summed E-state index contributed by atoms with van der Waals surface area (Å²) in [6, 6.07) is 12.4. The third-order valence-electron chi connectivity index (χ3n) is 3.76. The van der Waals surface area contributed by atoms with Crippen LogP contribution in [0, 0.1) is 0 Å². The van der Waals surface area contributed by atoms with E-state index in [1.54, 1.807) is 18.0 Å². The monoisotopic (exact) mass is 316 g/mol. The number of thioether (sulfide) groups is 1. The Morgan fingerprint density at radius 2 is 2.18 bits per heavy atom. The molecule has 1 saturated heterocycles. The molecule has 22 heavy (non-hydrogen) atoms. The molecular weight excluding hydrogens is 296 g/mol. The fourth-order valence-electron chi connectivity index (χ4n) is 2.55. The maximum absolute atomic E-state index is 12.3. The highest BCUT2D eigenvalue weighted by molar-refractivity contribution is 7.98. The molecule has 1 aliphatic heterocycles. The molecule has 2 heterocycles. The van der Waals surface area contributed by atoms with Crippen molar-refractivity contribution in [1.82, 2.24) is 10.6 Å². The van der Waals surface area contributed by atoms with Crippen molar-refractivity contribution in [3.63, 3.8) is 0 Å². The molecule has 0 spiro atoms. The van der Waals surface area contributed by atoms with Gasteiger partial charge in [-0.1, -0.05) is 18.2 Å². The SMILES string of the molecule is O=C(NCC1CCCN1)c1occc1CSc1ccccc1. The Hall–Kier alpha value is -1.72. The molecule has 0 bridgehead atoms. The number of carbonyl (C=O) groups excluding carboxylic acids is 1. The summed E-state index contributed by atoms with van der Waals surface area (Å²) >= 11 is 1.70. The maximum atomic E-state index is 12.3. The van der Waals surface area contributed by atoms with Crippen LogP contribution in [0.15, 0.2) is 52.0 Å². The zero-order valence-electron chi connectivity index (χ0n) is 12.4. The number of amides is 1. The van der Waals surface area contributed by atoms with E-state index in [1.807, 2.05) is 24.3 Å². The van der Waals surface area contributed by atoms with Gasteiger partial charge < -0.3 is 15.1 Å². The van der Waals surface area contributed by atoms with Crippen molar-refractivity contribution in [2.45, 2.75) is 29.5 Å². The highest BCUT2D eigenvalue weighted by atomic mass is 32.2. The lowest BCUT2D eigenvalue weighted by Crippen LogP contribution is -2.37. The maximum Gasteiger partial charge on any atom is 0.287 e. The van der Waals surface area contributed by atoms with Crippen LogP contribution in [0.5, 0.6) is 0 Å². The summed E-state index contributed by atoms with van der Waals surface area (Å²) in [5.41, 5.74) is 0.936. The first-order valence-corrected chi connectivity index (χ1v) is 8.57. The van der Waals surface area contributed by atoms with Gasteiger partial charge in [-0.2, -0.15) is 0 Å². The molecule has 116 valence electrons. The third kappa shape index (κ3) is 3.93. The lowest BCUT2D eigenvalue weighted by atomic mass is 10.2. The van der Waals surface area contributed by atoms with Crippen LogP contribution >= 0.6 is 11.8 Å². The summed E-state index contributed by atoms with van der Waals surface area (Å²) in [5.74, 6) is 1.04. The summed E-state index contributed by atoms with van der Waals surface area (Å²) in [6.45, 7) is 1.70. The minimum Gasteiger partial charge on any atom is -0.459 e. The molecular formula is C17H20N2O2S. The van der Waals surface area contributed by atoms with Gasteiger partial charge in [-0.05, 0) is 37.6 Å². The molecule has 0 radical (unpaired) electrons. The van der Waals surface area contributed by atoms with E-state index in [0.717, 1.165) is 24.3 Å². The van der Waals surface area contributed by atoms with Crippen LogP contribution in [-0.2, 0) is 5.75 Å². The number of rotatable bonds is 6. The van der Waals surface area contributed by atoms with Gasteiger partial charge in [0.2, 0.25) is 0 Å². The lowest BCUT2D eigenvalue weighted by Gasteiger charge is -2.11. The average molecular weight is 316 g/mol. The van der Waals surface area contributed by atoms with Gasteiger partial charge in [0.15, 0.2) is 5.76 Å². The number of nitrogens with one attached hydrogen (secondary N) is 2. The van der Waals surface area contributed by atoms with Crippen molar-refractivity contribution < 1.29 is 9.21 Å². The van der Waals surface area contributed by atoms with Gasteiger partial charge in [0.25, 0.3) is 5.91 Å². The summed E-state index contributed by atoms with van der Waals surface area (Å²) in [5, 5.41) is 6.33. The van der Waals surface area contributed by atoms with Gasteiger partial charge >= 0.3 is 0 Å². The van der Waals surface area contributed by atoms with E-state index >= 15 is 0 Å². The van der Waals surface area contributed by atoms with Crippen LogP contribution in [0.2, 0.25) is 0 Å². The fraction of sp³-hybridized carbons (Fsp3) is 0.353. The van der Waals surface area contributed by atoms with Gasteiger partial charge in [-0.3, -0.25) is 4.79 Å². The molecule has 4 nitrogen and oxygen atoms in total. The van der Waals surface area contributed by atoms with Crippen LogP contribution < -0.4 is 10.6 Å². The highest BCUT2D eigenvalue weighted by Crippen LogP contribution is 2.24. The second-order valence-electron chi connectivity index (χ2n) is 5.38.